The molecule has 1 aromatic carbocycles. The number of hydrogen-bond donors (Lipinski definition) is 2. The van der Waals surface area contributed by atoms with Gasteiger partial charge in [0.2, 0.25) is 0 Å². The van der Waals surface area contributed by atoms with E-state index in [0.717, 1.165) is 44.2 Å². The Morgan fingerprint density at radius 2 is 1.91 bits per heavy atom. The Morgan fingerprint density at radius 3 is 2.55 bits per heavy atom. The molecule has 1 unspecified atom stereocenters. The third-order valence-electron chi connectivity index (χ3n) is 4.86. The fraction of sp³-hybridized carbons (Fsp3) is 0.562. The SMILES string of the molecule is CC1(C(O)c2cc(C(F)(F)F)cc3cn[nH]c23)CCCCC1. The first kappa shape index (κ1) is 15.3. The Balaban J connectivity index is 2.10. The number of hydrogen-bond acceptors (Lipinski definition) is 2. The van der Waals surface area contributed by atoms with Gasteiger partial charge in [-0.15, -0.1) is 0 Å². The van der Waals surface area contributed by atoms with Gasteiger partial charge < -0.3 is 5.11 Å². The quantitative estimate of drug-likeness (QED) is 0.852. The largest absolute Gasteiger partial charge is 0.416 e. The summed E-state index contributed by atoms with van der Waals surface area (Å²) in [4.78, 5) is 0. The fourth-order valence-corrected chi connectivity index (χ4v) is 3.47. The minimum Gasteiger partial charge on any atom is -0.388 e. The number of aliphatic hydroxyl groups is 1. The number of nitrogens with one attached hydrogen (secondary N) is 1. The number of aliphatic hydroxyl groups excluding tert-OH is 1. The normalized spacial score (nSPS) is 20.2. The van der Waals surface area contributed by atoms with Crippen LogP contribution >= 0.6 is 0 Å². The number of H-pyrrole nitrogens is 1. The Hall–Kier alpha value is -1.56. The van der Waals surface area contributed by atoms with Crippen LogP contribution < -0.4 is 0 Å². The molecule has 0 saturated heterocycles. The van der Waals surface area contributed by atoms with E-state index in [1.54, 1.807) is 0 Å². The maximum Gasteiger partial charge on any atom is 0.416 e. The highest BCUT2D eigenvalue weighted by molar-refractivity contribution is 5.82. The number of alkyl halides is 3. The monoisotopic (exact) mass is 312 g/mol. The lowest BCUT2D eigenvalue weighted by Crippen LogP contribution is -2.28. The third kappa shape index (κ3) is 2.60. The maximum atomic E-state index is 13.1. The van der Waals surface area contributed by atoms with E-state index in [4.69, 9.17) is 0 Å². The van der Waals surface area contributed by atoms with Crippen LogP contribution in [-0.4, -0.2) is 15.3 Å². The zero-order chi connectivity index (χ0) is 16.0. The molecular formula is C16H19F3N2O. The predicted molar refractivity (Wildman–Crippen MR) is 77.2 cm³/mol. The van der Waals surface area contributed by atoms with E-state index >= 15 is 0 Å². The van der Waals surface area contributed by atoms with Crippen molar-refractivity contribution in [2.75, 3.05) is 0 Å². The molecule has 0 bridgehead atoms. The Labute approximate surface area is 126 Å². The van der Waals surface area contributed by atoms with E-state index in [2.05, 4.69) is 10.2 Å². The molecule has 0 radical (unpaired) electrons. The maximum absolute atomic E-state index is 13.1. The topological polar surface area (TPSA) is 48.9 Å². The first-order valence-corrected chi connectivity index (χ1v) is 7.53. The van der Waals surface area contributed by atoms with Gasteiger partial charge in [-0.25, -0.2) is 0 Å². The van der Waals surface area contributed by atoms with Crippen LogP contribution in [-0.2, 0) is 6.18 Å². The van der Waals surface area contributed by atoms with Gasteiger partial charge in [0, 0.05) is 10.9 Å². The van der Waals surface area contributed by atoms with E-state index in [0.29, 0.717) is 16.5 Å². The average Bonchev–Trinajstić information content (AvgIpc) is 2.93. The van der Waals surface area contributed by atoms with Crippen molar-refractivity contribution in [2.24, 2.45) is 5.41 Å². The second-order valence-corrected chi connectivity index (χ2v) is 6.51. The lowest BCUT2D eigenvalue weighted by atomic mass is 9.69. The number of benzene rings is 1. The van der Waals surface area contributed by atoms with Crippen molar-refractivity contribution < 1.29 is 18.3 Å². The van der Waals surface area contributed by atoms with Gasteiger partial charge in [-0.2, -0.15) is 18.3 Å². The molecule has 1 aliphatic carbocycles. The van der Waals surface area contributed by atoms with Crippen molar-refractivity contribution in [1.82, 2.24) is 10.2 Å². The molecule has 2 aromatic rings. The molecule has 6 heteroatoms. The Kier molecular flexibility index (Phi) is 3.67. The fourth-order valence-electron chi connectivity index (χ4n) is 3.47. The van der Waals surface area contributed by atoms with Crippen LogP contribution in [0.15, 0.2) is 18.3 Å². The van der Waals surface area contributed by atoms with Gasteiger partial charge in [0.1, 0.15) is 0 Å². The molecule has 2 N–H and O–H groups in total. The van der Waals surface area contributed by atoms with Crippen molar-refractivity contribution in [3.63, 3.8) is 0 Å². The van der Waals surface area contributed by atoms with Gasteiger partial charge >= 0.3 is 6.18 Å². The van der Waals surface area contributed by atoms with E-state index in [1.165, 1.54) is 6.20 Å². The van der Waals surface area contributed by atoms with Gasteiger partial charge in [-0.05, 0) is 30.4 Å². The van der Waals surface area contributed by atoms with Gasteiger partial charge in [0.25, 0.3) is 0 Å². The molecule has 22 heavy (non-hydrogen) atoms. The molecule has 3 rings (SSSR count). The number of nitrogens with zero attached hydrogens (tertiary/aromatic N) is 1. The summed E-state index contributed by atoms with van der Waals surface area (Å²) in [7, 11) is 0. The zero-order valence-electron chi connectivity index (χ0n) is 12.4. The number of rotatable bonds is 2. The highest BCUT2D eigenvalue weighted by Crippen LogP contribution is 2.47. The summed E-state index contributed by atoms with van der Waals surface area (Å²) in [5, 5.41) is 17.7. The number of aromatic amines is 1. The van der Waals surface area contributed by atoms with Gasteiger partial charge in [0.05, 0.1) is 23.4 Å². The summed E-state index contributed by atoms with van der Waals surface area (Å²) in [5.74, 6) is 0. The van der Waals surface area contributed by atoms with Crippen LogP contribution in [0.3, 0.4) is 0 Å². The number of aromatic nitrogens is 2. The van der Waals surface area contributed by atoms with Crippen molar-refractivity contribution in [3.8, 4) is 0 Å². The molecule has 0 aliphatic heterocycles. The molecule has 0 amide bonds. The lowest BCUT2D eigenvalue weighted by molar-refractivity contribution is -0.137. The molecule has 1 aromatic heterocycles. The molecule has 1 fully saturated rings. The van der Waals surface area contributed by atoms with Crippen LogP contribution in [0.4, 0.5) is 13.2 Å². The van der Waals surface area contributed by atoms with E-state index in [9.17, 15) is 18.3 Å². The number of fused-ring (bicyclic) bond motifs is 1. The Morgan fingerprint density at radius 1 is 1.23 bits per heavy atom. The minimum atomic E-state index is -4.44. The molecule has 1 aliphatic rings. The molecule has 120 valence electrons. The van der Waals surface area contributed by atoms with Gasteiger partial charge in [-0.3, -0.25) is 5.10 Å². The highest BCUT2D eigenvalue weighted by atomic mass is 19.4. The standard InChI is InChI=1S/C16H19F3N2O/c1-15(5-3-2-4-6-15)14(22)12-8-11(16(17,18)19)7-10-9-20-21-13(10)12/h7-9,14,22H,2-6H2,1H3,(H,20,21). The minimum absolute atomic E-state index is 0.298. The van der Waals surface area contributed by atoms with Crippen LogP contribution in [0.5, 0.6) is 0 Å². The van der Waals surface area contributed by atoms with Crippen LogP contribution in [0.2, 0.25) is 0 Å². The van der Waals surface area contributed by atoms with Crippen molar-refractivity contribution in [1.29, 1.82) is 0 Å². The predicted octanol–water partition coefficient (Wildman–Crippen LogP) is 4.59. The van der Waals surface area contributed by atoms with E-state index in [1.807, 2.05) is 6.92 Å². The summed E-state index contributed by atoms with van der Waals surface area (Å²) in [5.41, 5.74) is -0.338. The van der Waals surface area contributed by atoms with Gasteiger partial charge in [0.15, 0.2) is 0 Å². The van der Waals surface area contributed by atoms with Crippen molar-refractivity contribution in [3.05, 3.63) is 29.5 Å². The summed E-state index contributed by atoms with van der Waals surface area (Å²) >= 11 is 0. The van der Waals surface area contributed by atoms with E-state index < -0.39 is 17.8 Å². The smallest absolute Gasteiger partial charge is 0.388 e. The number of halogens is 3. The van der Waals surface area contributed by atoms with Gasteiger partial charge in [-0.1, -0.05) is 26.2 Å². The first-order valence-electron chi connectivity index (χ1n) is 7.53. The van der Waals surface area contributed by atoms with Crippen molar-refractivity contribution >= 4 is 10.9 Å². The molecule has 1 atom stereocenters. The van der Waals surface area contributed by atoms with Crippen molar-refractivity contribution in [2.45, 2.75) is 51.3 Å². The molecule has 0 spiro atoms. The van der Waals surface area contributed by atoms with Crippen LogP contribution in [0.25, 0.3) is 10.9 Å². The van der Waals surface area contributed by atoms with Crippen LogP contribution in [0.1, 0.15) is 56.3 Å². The molecular weight excluding hydrogens is 293 g/mol. The zero-order valence-corrected chi connectivity index (χ0v) is 12.4. The second kappa shape index (κ2) is 5.26. The summed E-state index contributed by atoms with van der Waals surface area (Å²) in [6.07, 6.45) is 0.747. The molecule has 1 saturated carbocycles. The lowest BCUT2D eigenvalue weighted by Gasteiger charge is -2.38. The third-order valence-corrected chi connectivity index (χ3v) is 4.86. The Bertz CT molecular complexity index is 672. The van der Waals surface area contributed by atoms with E-state index in [-0.39, 0.29) is 5.41 Å². The first-order chi connectivity index (χ1) is 10.3. The van der Waals surface area contributed by atoms with Crippen LogP contribution in [0, 0.1) is 5.41 Å². The average molecular weight is 312 g/mol. The summed E-state index contributed by atoms with van der Waals surface area (Å²) in [6, 6.07) is 2.13. The highest BCUT2D eigenvalue weighted by Gasteiger charge is 2.38. The summed E-state index contributed by atoms with van der Waals surface area (Å²) < 4.78 is 39.3. The molecule has 3 nitrogen and oxygen atoms in total. The summed E-state index contributed by atoms with van der Waals surface area (Å²) in [6.45, 7) is 1.96. The second-order valence-electron chi connectivity index (χ2n) is 6.51. The molecule has 1 heterocycles.